The van der Waals surface area contributed by atoms with E-state index in [1.807, 2.05) is 0 Å². The third-order valence-electron chi connectivity index (χ3n) is 4.43. The van der Waals surface area contributed by atoms with Crippen LogP contribution in [0.3, 0.4) is 0 Å². The van der Waals surface area contributed by atoms with Crippen LogP contribution >= 0.6 is 11.8 Å². The van der Waals surface area contributed by atoms with Gasteiger partial charge >= 0.3 is 0 Å². The smallest absolute Gasteiger partial charge is 0.0435 e. The molecule has 4 atom stereocenters. The number of hydrogen-bond donors (Lipinski definition) is 1. The minimum atomic E-state index is 0.309. The van der Waals surface area contributed by atoms with Crippen LogP contribution in [0.15, 0.2) is 0 Å². The Hall–Kier alpha value is 0.270. The minimum absolute atomic E-state index is 0.309. The van der Waals surface area contributed by atoms with Crippen molar-refractivity contribution in [3.63, 3.8) is 0 Å². The van der Waals surface area contributed by atoms with Gasteiger partial charge in [-0.15, -0.1) is 0 Å². The first-order valence-corrected chi connectivity index (χ1v) is 7.71. The van der Waals surface area contributed by atoms with E-state index in [1.165, 1.54) is 31.6 Å². The normalized spacial score (nSPS) is 46.1. The predicted octanol–water partition coefficient (Wildman–Crippen LogP) is 2.33. The maximum Gasteiger partial charge on any atom is 0.0435 e. The molecule has 0 aromatic carbocycles. The fourth-order valence-electron chi connectivity index (χ4n) is 3.52. The second-order valence-electron chi connectivity index (χ2n) is 5.93. The maximum atomic E-state index is 6.10. The highest BCUT2D eigenvalue weighted by Crippen LogP contribution is 2.41. The van der Waals surface area contributed by atoms with Gasteiger partial charge in [-0.25, -0.2) is 0 Å². The summed E-state index contributed by atoms with van der Waals surface area (Å²) < 4.78 is 0. The number of likely N-dealkylation sites (tertiary alicyclic amines) is 1. The van der Waals surface area contributed by atoms with Crippen LogP contribution in [0, 0.1) is 5.92 Å². The van der Waals surface area contributed by atoms with E-state index in [2.05, 4.69) is 37.4 Å². The van der Waals surface area contributed by atoms with Crippen LogP contribution in [-0.2, 0) is 0 Å². The van der Waals surface area contributed by atoms with E-state index in [0.29, 0.717) is 5.54 Å². The van der Waals surface area contributed by atoms with E-state index in [1.54, 1.807) is 0 Å². The summed E-state index contributed by atoms with van der Waals surface area (Å²) in [7, 11) is 0. The molecule has 2 rings (SSSR count). The SMILES string of the molecule is CC1CCN(C2(CN)CSC(C)C2)C(C)C1. The zero-order valence-corrected chi connectivity index (χ0v) is 11.7. The van der Waals surface area contributed by atoms with Gasteiger partial charge in [0.25, 0.3) is 0 Å². The summed E-state index contributed by atoms with van der Waals surface area (Å²) in [5, 5.41) is 0.787. The first-order chi connectivity index (χ1) is 7.57. The van der Waals surface area contributed by atoms with Crippen LogP contribution in [0.25, 0.3) is 0 Å². The molecule has 2 fully saturated rings. The molecule has 0 radical (unpaired) electrons. The molecule has 3 heteroatoms. The van der Waals surface area contributed by atoms with E-state index in [4.69, 9.17) is 5.73 Å². The standard InChI is InChI=1S/C13H26N2S/c1-10-4-5-15(11(2)6-10)13(8-14)7-12(3)16-9-13/h10-12H,4-9,14H2,1-3H3. The Morgan fingerprint density at radius 2 is 2.12 bits per heavy atom. The van der Waals surface area contributed by atoms with Crippen LogP contribution in [0.4, 0.5) is 0 Å². The van der Waals surface area contributed by atoms with Gasteiger partial charge in [0.15, 0.2) is 0 Å². The van der Waals surface area contributed by atoms with Gasteiger partial charge in [-0.1, -0.05) is 13.8 Å². The van der Waals surface area contributed by atoms with Crippen LogP contribution < -0.4 is 5.73 Å². The molecule has 4 unspecified atom stereocenters. The second kappa shape index (κ2) is 4.87. The Bertz CT molecular complexity index is 246. The first-order valence-electron chi connectivity index (χ1n) is 6.66. The summed E-state index contributed by atoms with van der Waals surface area (Å²) in [5.41, 5.74) is 6.41. The van der Waals surface area contributed by atoms with E-state index in [-0.39, 0.29) is 0 Å². The van der Waals surface area contributed by atoms with Crippen LogP contribution in [0.2, 0.25) is 0 Å². The molecule has 94 valence electrons. The topological polar surface area (TPSA) is 29.3 Å². The average molecular weight is 242 g/mol. The number of piperidine rings is 1. The average Bonchev–Trinajstić information content (AvgIpc) is 2.61. The fourth-order valence-corrected chi connectivity index (χ4v) is 4.95. The number of nitrogens with two attached hydrogens (primary N) is 1. The summed E-state index contributed by atoms with van der Waals surface area (Å²) in [5.74, 6) is 2.14. The monoisotopic (exact) mass is 242 g/mol. The molecule has 0 amide bonds. The van der Waals surface area contributed by atoms with Crippen LogP contribution in [-0.4, -0.2) is 40.6 Å². The van der Waals surface area contributed by atoms with E-state index < -0.39 is 0 Å². The molecule has 0 aliphatic carbocycles. The lowest BCUT2D eigenvalue weighted by Gasteiger charge is -2.48. The van der Waals surface area contributed by atoms with Crippen molar-refractivity contribution in [1.82, 2.24) is 4.90 Å². The molecule has 2 N–H and O–H groups in total. The summed E-state index contributed by atoms with van der Waals surface area (Å²) in [4.78, 5) is 2.73. The summed E-state index contributed by atoms with van der Waals surface area (Å²) >= 11 is 2.10. The fraction of sp³-hybridized carbons (Fsp3) is 1.00. The van der Waals surface area contributed by atoms with E-state index in [9.17, 15) is 0 Å². The lowest BCUT2D eigenvalue weighted by molar-refractivity contribution is 0.0278. The van der Waals surface area contributed by atoms with Gasteiger partial charge < -0.3 is 5.73 Å². The molecule has 2 aliphatic heterocycles. The second-order valence-corrected chi connectivity index (χ2v) is 7.35. The summed E-state index contributed by atoms with van der Waals surface area (Å²) in [6.45, 7) is 9.21. The van der Waals surface area contributed by atoms with Gasteiger partial charge in [0, 0.05) is 29.1 Å². The van der Waals surface area contributed by atoms with Crippen molar-refractivity contribution in [3.05, 3.63) is 0 Å². The van der Waals surface area contributed by atoms with Gasteiger partial charge in [0.1, 0.15) is 0 Å². The van der Waals surface area contributed by atoms with Crippen molar-refractivity contribution < 1.29 is 0 Å². The highest BCUT2D eigenvalue weighted by molar-refractivity contribution is 8.00. The van der Waals surface area contributed by atoms with Crippen LogP contribution in [0.5, 0.6) is 0 Å². The number of rotatable bonds is 2. The van der Waals surface area contributed by atoms with Crippen molar-refractivity contribution >= 4 is 11.8 Å². The van der Waals surface area contributed by atoms with Crippen molar-refractivity contribution in [2.45, 2.75) is 56.9 Å². The van der Waals surface area contributed by atoms with Crippen molar-refractivity contribution in [2.75, 3.05) is 18.8 Å². The Morgan fingerprint density at radius 3 is 2.62 bits per heavy atom. The molecule has 2 aliphatic rings. The van der Waals surface area contributed by atoms with Crippen molar-refractivity contribution in [3.8, 4) is 0 Å². The lowest BCUT2D eigenvalue weighted by atomic mass is 9.85. The molecule has 2 heterocycles. The van der Waals surface area contributed by atoms with Gasteiger partial charge in [-0.3, -0.25) is 4.90 Å². The van der Waals surface area contributed by atoms with Crippen LogP contribution in [0.1, 0.15) is 40.0 Å². The maximum absolute atomic E-state index is 6.10. The molecule has 0 aromatic heterocycles. The Kier molecular flexibility index (Phi) is 3.87. The van der Waals surface area contributed by atoms with E-state index >= 15 is 0 Å². The van der Waals surface area contributed by atoms with Gasteiger partial charge in [0.05, 0.1) is 0 Å². The molecule has 0 bridgehead atoms. The number of nitrogens with zero attached hydrogens (tertiary/aromatic N) is 1. The third kappa shape index (κ3) is 2.27. The van der Waals surface area contributed by atoms with Crippen molar-refractivity contribution in [1.29, 1.82) is 0 Å². The zero-order valence-electron chi connectivity index (χ0n) is 10.9. The van der Waals surface area contributed by atoms with Crippen molar-refractivity contribution in [2.24, 2.45) is 11.7 Å². The predicted molar refractivity (Wildman–Crippen MR) is 72.9 cm³/mol. The highest BCUT2D eigenvalue weighted by atomic mass is 32.2. The molecule has 16 heavy (non-hydrogen) atoms. The summed E-state index contributed by atoms with van der Waals surface area (Å²) in [6, 6.07) is 0.721. The lowest BCUT2D eigenvalue weighted by Crippen LogP contribution is -2.59. The first kappa shape index (κ1) is 12.7. The Morgan fingerprint density at radius 1 is 1.38 bits per heavy atom. The van der Waals surface area contributed by atoms with Gasteiger partial charge in [-0.05, 0) is 38.6 Å². The quantitative estimate of drug-likeness (QED) is 0.806. The number of thioether (sulfide) groups is 1. The molecule has 0 spiro atoms. The zero-order chi connectivity index (χ0) is 11.8. The molecule has 2 saturated heterocycles. The molecular weight excluding hydrogens is 216 g/mol. The highest BCUT2D eigenvalue weighted by Gasteiger charge is 2.44. The summed E-state index contributed by atoms with van der Waals surface area (Å²) in [6.07, 6.45) is 3.98. The number of hydrogen-bond acceptors (Lipinski definition) is 3. The van der Waals surface area contributed by atoms with Gasteiger partial charge in [-0.2, -0.15) is 11.8 Å². The largest absolute Gasteiger partial charge is 0.329 e. The van der Waals surface area contributed by atoms with Gasteiger partial charge in [0.2, 0.25) is 0 Å². The molecular formula is C13H26N2S. The molecule has 2 nitrogen and oxygen atoms in total. The minimum Gasteiger partial charge on any atom is -0.329 e. The third-order valence-corrected chi connectivity index (χ3v) is 5.87. The Labute approximate surface area is 104 Å². The van der Waals surface area contributed by atoms with E-state index in [0.717, 1.165) is 23.8 Å². The molecule has 0 aromatic rings. The molecule has 0 saturated carbocycles. The Balaban J connectivity index is 2.09.